The molecule has 0 aromatic heterocycles. The van der Waals surface area contributed by atoms with Crippen LogP contribution in [0.25, 0.3) is 0 Å². The Morgan fingerprint density at radius 2 is 2.00 bits per heavy atom. The molecule has 0 aliphatic carbocycles. The van der Waals surface area contributed by atoms with E-state index in [0.29, 0.717) is 6.61 Å². The third-order valence-corrected chi connectivity index (χ3v) is 2.63. The largest absolute Gasteiger partial charge is 0.461 e. The van der Waals surface area contributed by atoms with Gasteiger partial charge in [-0.05, 0) is 25.3 Å². The van der Waals surface area contributed by atoms with Gasteiger partial charge in [-0.25, -0.2) is 0 Å². The molecule has 0 spiro atoms. The summed E-state index contributed by atoms with van der Waals surface area (Å²) in [5.74, 6) is -0.145. The van der Waals surface area contributed by atoms with Crippen LogP contribution in [0.3, 0.4) is 0 Å². The summed E-state index contributed by atoms with van der Waals surface area (Å²) >= 11 is 0. The third-order valence-electron chi connectivity index (χ3n) is 2.63. The van der Waals surface area contributed by atoms with Gasteiger partial charge < -0.3 is 4.74 Å². The summed E-state index contributed by atoms with van der Waals surface area (Å²) in [4.78, 5) is 11.7. The highest BCUT2D eigenvalue weighted by atomic mass is 35.5. The van der Waals surface area contributed by atoms with Gasteiger partial charge >= 0.3 is 5.97 Å². The van der Waals surface area contributed by atoms with Gasteiger partial charge in [0.2, 0.25) is 0 Å². The second-order valence-corrected chi connectivity index (χ2v) is 4.14. The average Bonchev–Trinajstić information content (AvgIpc) is 2.37. The number of rotatable bonds is 6. The number of allylic oxidation sites excluding steroid dienone is 2. The maximum absolute atomic E-state index is 11.7. The minimum absolute atomic E-state index is 0. The van der Waals surface area contributed by atoms with E-state index in [1.807, 2.05) is 50.3 Å². The molecule has 1 unspecified atom stereocenters. The number of hydrogen-bond acceptors (Lipinski definition) is 2. The normalized spacial score (nSPS) is 11.9. The van der Waals surface area contributed by atoms with E-state index in [9.17, 15) is 4.79 Å². The van der Waals surface area contributed by atoms with Crippen LogP contribution in [-0.4, -0.2) is 5.97 Å². The summed E-state index contributed by atoms with van der Waals surface area (Å²) in [6, 6.07) is 9.75. The van der Waals surface area contributed by atoms with Gasteiger partial charge in [-0.3, -0.25) is 4.79 Å². The Morgan fingerprint density at radius 1 is 1.33 bits per heavy atom. The molecule has 1 atom stereocenters. The maximum atomic E-state index is 11.7. The second kappa shape index (κ2) is 9.72. The third kappa shape index (κ3) is 6.45. The Morgan fingerprint density at radius 3 is 2.61 bits per heavy atom. The summed E-state index contributed by atoms with van der Waals surface area (Å²) in [5, 5.41) is 0. The molecule has 1 aromatic rings. The van der Waals surface area contributed by atoms with E-state index in [4.69, 9.17) is 4.74 Å². The van der Waals surface area contributed by atoms with Gasteiger partial charge in [0.1, 0.15) is 6.61 Å². The molecule has 18 heavy (non-hydrogen) atoms. The van der Waals surface area contributed by atoms with E-state index in [1.165, 1.54) is 0 Å². The SMILES string of the molecule is CC=CCCC(C)C(=O)OCc1ccccc1.Cl. The second-order valence-electron chi connectivity index (χ2n) is 4.14. The van der Waals surface area contributed by atoms with Crippen LogP contribution in [0.15, 0.2) is 42.5 Å². The molecule has 0 fully saturated rings. The van der Waals surface area contributed by atoms with Crippen LogP contribution in [-0.2, 0) is 16.1 Å². The van der Waals surface area contributed by atoms with Crippen molar-refractivity contribution in [2.24, 2.45) is 5.92 Å². The lowest BCUT2D eigenvalue weighted by molar-refractivity contribution is -0.149. The number of carbonyl (C=O) groups excluding carboxylic acids is 1. The van der Waals surface area contributed by atoms with Crippen LogP contribution >= 0.6 is 12.4 Å². The minimum Gasteiger partial charge on any atom is -0.461 e. The Kier molecular flexibility index (Phi) is 9.03. The zero-order chi connectivity index (χ0) is 12.5. The fourth-order valence-electron chi connectivity index (χ4n) is 1.50. The monoisotopic (exact) mass is 268 g/mol. The lowest BCUT2D eigenvalue weighted by Gasteiger charge is -2.10. The van der Waals surface area contributed by atoms with Gasteiger partial charge in [0, 0.05) is 0 Å². The van der Waals surface area contributed by atoms with Crippen molar-refractivity contribution >= 4 is 18.4 Å². The zero-order valence-electron chi connectivity index (χ0n) is 11.0. The Labute approximate surface area is 115 Å². The molecule has 0 bridgehead atoms. The van der Waals surface area contributed by atoms with E-state index in [2.05, 4.69) is 6.08 Å². The van der Waals surface area contributed by atoms with Gasteiger partial charge in [-0.15, -0.1) is 12.4 Å². The van der Waals surface area contributed by atoms with Crippen LogP contribution in [0.5, 0.6) is 0 Å². The summed E-state index contributed by atoms with van der Waals surface area (Å²) in [6.45, 7) is 4.27. The van der Waals surface area contributed by atoms with E-state index in [1.54, 1.807) is 0 Å². The lowest BCUT2D eigenvalue weighted by atomic mass is 10.1. The number of ether oxygens (including phenoxy) is 1. The molecular formula is C15H21ClO2. The summed E-state index contributed by atoms with van der Waals surface area (Å²) in [5.41, 5.74) is 1.03. The molecule has 1 rings (SSSR count). The predicted octanol–water partition coefficient (Wildman–Crippen LogP) is 4.14. The van der Waals surface area contributed by atoms with Crippen molar-refractivity contribution in [3.8, 4) is 0 Å². The first-order valence-electron chi connectivity index (χ1n) is 6.05. The molecule has 0 saturated heterocycles. The van der Waals surface area contributed by atoms with Crippen molar-refractivity contribution < 1.29 is 9.53 Å². The van der Waals surface area contributed by atoms with Crippen LogP contribution in [0, 0.1) is 5.92 Å². The van der Waals surface area contributed by atoms with Gasteiger partial charge in [0.05, 0.1) is 5.92 Å². The van der Waals surface area contributed by atoms with Crippen molar-refractivity contribution in [3.63, 3.8) is 0 Å². The Balaban J connectivity index is 0.00000289. The van der Waals surface area contributed by atoms with Crippen LogP contribution in [0.2, 0.25) is 0 Å². The number of benzene rings is 1. The molecule has 3 heteroatoms. The molecule has 0 amide bonds. The van der Waals surface area contributed by atoms with E-state index >= 15 is 0 Å². The molecule has 0 aliphatic rings. The van der Waals surface area contributed by atoms with Crippen LogP contribution in [0.4, 0.5) is 0 Å². The molecule has 0 aliphatic heterocycles. The van der Waals surface area contributed by atoms with Crippen molar-refractivity contribution in [1.82, 2.24) is 0 Å². The van der Waals surface area contributed by atoms with Crippen molar-refractivity contribution in [1.29, 1.82) is 0 Å². The highest BCUT2D eigenvalue weighted by Crippen LogP contribution is 2.10. The van der Waals surface area contributed by atoms with Gasteiger partial charge in [0.25, 0.3) is 0 Å². The smallest absolute Gasteiger partial charge is 0.308 e. The molecule has 0 saturated carbocycles. The summed E-state index contributed by atoms with van der Waals surface area (Å²) < 4.78 is 5.26. The van der Waals surface area contributed by atoms with Crippen LogP contribution in [0.1, 0.15) is 32.3 Å². The Hall–Kier alpha value is -1.28. The number of halogens is 1. The molecule has 2 nitrogen and oxygen atoms in total. The predicted molar refractivity (Wildman–Crippen MR) is 76.7 cm³/mol. The van der Waals surface area contributed by atoms with Crippen molar-refractivity contribution in [3.05, 3.63) is 48.0 Å². The average molecular weight is 269 g/mol. The van der Waals surface area contributed by atoms with E-state index in [0.717, 1.165) is 18.4 Å². The molecule has 0 N–H and O–H groups in total. The lowest BCUT2D eigenvalue weighted by Crippen LogP contribution is -2.14. The molecule has 0 heterocycles. The first-order valence-corrected chi connectivity index (χ1v) is 6.05. The first kappa shape index (κ1) is 16.7. The number of hydrogen-bond donors (Lipinski definition) is 0. The maximum Gasteiger partial charge on any atom is 0.308 e. The summed E-state index contributed by atoms with van der Waals surface area (Å²) in [7, 11) is 0. The Bertz CT molecular complexity index is 360. The van der Waals surface area contributed by atoms with Gasteiger partial charge in [-0.2, -0.15) is 0 Å². The van der Waals surface area contributed by atoms with Gasteiger partial charge in [0.15, 0.2) is 0 Å². The fourth-order valence-corrected chi connectivity index (χ4v) is 1.50. The fraction of sp³-hybridized carbons (Fsp3) is 0.400. The topological polar surface area (TPSA) is 26.3 Å². The number of carbonyl (C=O) groups is 1. The molecule has 0 radical (unpaired) electrons. The van der Waals surface area contributed by atoms with Crippen molar-refractivity contribution in [2.45, 2.75) is 33.3 Å². The molecule has 100 valence electrons. The first-order chi connectivity index (χ1) is 8.24. The quantitative estimate of drug-likeness (QED) is 0.572. The van der Waals surface area contributed by atoms with Crippen LogP contribution < -0.4 is 0 Å². The molecular weight excluding hydrogens is 248 g/mol. The number of esters is 1. The van der Waals surface area contributed by atoms with E-state index in [-0.39, 0.29) is 24.3 Å². The zero-order valence-corrected chi connectivity index (χ0v) is 11.8. The standard InChI is InChI=1S/C15H20O2.ClH/c1-3-4-6-9-13(2)15(16)17-12-14-10-7-5-8-11-14;/h3-5,7-8,10-11,13H,6,9,12H2,1-2H3;1H. The van der Waals surface area contributed by atoms with E-state index < -0.39 is 0 Å². The highest BCUT2D eigenvalue weighted by Gasteiger charge is 2.13. The van der Waals surface area contributed by atoms with Crippen molar-refractivity contribution in [2.75, 3.05) is 0 Å². The highest BCUT2D eigenvalue weighted by molar-refractivity contribution is 5.85. The summed E-state index contributed by atoms with van der Waals surface area (Å²) in [6.07, 6.45) is 5.85. The van der Waals surface area contributed by atoms with Gasteiger partial charge in [-0.1, -0.05) is 49.4 Å². The minimum atomic E-state index is -0.113. The molecule has 1 aromatic carbocycles.